The van der Waals surface area contributed by atoms with Crippen LogP contribution < -0.4 is 4.72 Å². The van der Waals surface area contributed by atoms with Gasteiger partial charge in [0, 0.05) is 28.9 Å². The molecule has 0 atom stereocenters. The first kappa shape index (κ1) is 24.4. The molecule has 11 heteroatoms. The highest BCUT2D eigenvalue weighted by atomic mass is 32.2. The molecule has 180 valence electrons. The summed E-state index contributed by atoms with van der Waals surface area (Å²) in [5, 5.41) is 9.95. The van der Waals surface area contributed by atoms with Gasteiger partial charge >= 0.3 is 6.18 Å². The number of fused-ring (bicyclic) bond motifs is 1. The van der Waals surface area contributed by atoms with Gasteiger partial charge in [0.1, 0.15) is 17.5 Å². The summed E-state index contributed by atoms with van der Waals surface area (Å²) in [6.45, 7) is 5.14. The number of hydrogen-bond acceptors (Lipinski definition) is 5. The predicted octanol–water partition coefficient (Wildman–Crippen LogP) is 5.05. The highest BCUT2D eigenvalue weighted by Crippen LogP contribution is 2.38. The van der Waals surface area contributed by atoms with E-state index in [9.17, 15) is 26.9 Å². The van der Waals surface area contributed by atoms with E-state index < -0.39 is 27.3 Å². The molecule has 35 heavy (non-hydrogen) atoms. The van der Waals surface area contributed by atoms with Gasteiger partial charge in [-0.3, -0.25) is 4.57 Å². The number of sulfonamides is 1. The summed E-state index contributed by atoms with van der Waals surface area (Å²) in [5.74, 6) is 0.340. The molecule has 0 aliphatic carbocycles. The number of nitrogens with one attached hydrogen (secondary N) is 1. The van der Waals surface area contributed by atoms with Crippen LogP contribution in [0, 0.1) is 11.3 Å². The van der Waals surface area contributed by atoms with Gasteiger partial charge in [0.2, 0.25) is 10.0 Å². The van der Waals surface area contributed by atoms with Gasteiger partial charge < -0.3 is 0 Å². The van der Waals surface area contributed by atoms with Gasteiger partial charge in [-0.2, -0.15) is 18.4 Å². The standard InChI is InChI=1S/C24H20F3N5O2S/c1-23(2,3)31-35(33,34)17-9-7-15(8-10-17)21-19(13-28)18-12-16(24(25,26)27)14-30-22(18)32(21)20-6-4-5-11-29-20/h4-12,14,31H,1-3H3. The van der Waals surface area contributed by atoms with Crippen LogP contribution >= 0.6 is 0 Å². The first-order valence-corrected chi connectivity index (χ1v) is 11.9. The van der Waals surface area contributed by atoms with E-state index in [-0.39, 0.29) is 27.2 Å². The number of aromatic nitrogens is 3. The van der Waals surface area contributed by atoms with Crippen molar-refractivity contribution >= 4 is 21.1 Å². The molecule has 1 N–H and O–H groups in total. The summed E-state index contributed by atoms with van der Waals surface area (Å²) < 4.78 is 69.5. The summed E-state index contributed by atoms with van der Waals surface area (Å²) in [5.41, 5.74) is -0.934. The van der Waals surface area contributed by atoms with Gasteiger partial charge in [-0.05, 0) is 51.1 Å². The summed E-state index contributed by atoms with van der Waals surface area (Å²) in [6, 6.07) is 13.6. The minimum atomic E-state index is -4.64. The molecule has 4 rings (SSSR count). The first-order chi connectivity index (χ1) is 16.3. The van der Waals surface area contributed by atoms with Crippen LogP contribution in [0.4, 0.5) is 13.2 Å². The summed E-state index contributed by atoms with van der Waals surface area (Å²) >= 11 is 0. The lowest BCUT2D eigenvalue weighted by atomic mass is 10.1. The Kier molecular flexibility index (Phi) is 5.91. The molecule has 0 saturated carbocycles. The molecule has 0 fully saturated rings. The second kappa shape index (κ2) is 8.48. The number of hydrogen-bond donors (Lipinski definition) is 1. The van der Waals surface area contributed by atoms with E-state index in [2.05, 4.69) is 14.7 Å². The molecule has 3 aromatic heterocycles. The van der Waals surface area contributed by atoms with Crippen molar-refractivity contribution in [2.24, 2.45) is 0 Å². The molecule has 3 heterocycles. The molecular weight excluding hydrogens is 479 g/mol. The van der Waals surface area contributed by atoms with E-state index in [0.29, 0.717) is 17.6 Å². The Bertz CT molecular complexity index is 1550. The van der Waals surface area contributed by atoms with Crippen LogP contribution in [0.15, 0.2) is 65.8 Å². The highest BCUT2D eigenvalue weighted by molar-refractivity contribution is 7.89. The van der Waals surface area contributed by atoms with E-state index in [1.54, 1.807) is 39.0 Å². The summed E-state index contributed by atoms with van der Waals surface area (Å²) in [4.78, 5) is 8.32. The van der Waals surface area contributed by atoms with Crippen molar-refractivity contribution in [1.29, 1.82) is 5.26 Å². The van der Waals surface area contributed by atoms with Gasteiger partial charge in [0.05, 0.1) is 21.7 Å². The number of rotatable bonds is 4. The van der Waals surface area contributed by atoms with Gasteiger partial charge in [0.25, 0.3) is 0 Å². The molecule has 0 aliphatic rings. The van der Waals surface area contributed by atoms with Crippen LogP contribution in [0.1, 0.15) is 31.9 Å². The van der Waals surface area contributed by atoms with Crippen LogP contribution in [0.25, 0.3) is 28.1 Å². The lowest BCUT2D eigenvalue weighted by Gasteiger charge is -2.20. The fourth-order valence-corrected chi connectivity index (χ4v) is 5.09. The van der Waals surface area contributed by atoms with Crippen molar-refractivity contribution in [2.75, 3.05) is 0 Å². The third-order valence-corrected chi connectivity index (χ3v) is 6.78. The zero-order valence-electron chi connectivity index (χ0n) is 18.9. The number of benzene rings is 1. The van der Waals surface area contributed by atoms with Crippen LogP contribution in [0.5, 0.6) is 0 Å². The SMILES string of the molecule is CC(C)(C)NS(=O)(=O)c1ccc(-c2c(C#N)c3cc(C(F)(F)F)cnc3n2-c2ccccn2)cc1. The Morgan fingerprint density at radius 3 is 2.26 bits per heavy atom. The lowest BCUT2D eigenvalue weighted by Crippen LogP contribution is -2.40. The molecule has 0 saturated heterocycles. The van der Waals surface area contributed by atoms with Gasteiger partial charge in [0.15, 0.2) is 0 Å². The molecule has 0 aliphatic heterocycles. The average molecular weight is 500 g/mol. The van der Waals surface area contributed by atoms with E-state index in [0.717, 1.165) is 6.07 Å². The Hall–Kier alpha value is -3.75. The molecular formula is C24H20F3N5O2S. The average Bonchev–Trinajstić information content (AvgIpc) is 3.11. The lowest BCUT2D eigenvalue weighted by molar-refractivity contribution is -0.137. The summed E-state index contributed by atoms with van der Waals surface area (Å²) in [6.07, 6.45) is -2.42. The smallest absolute Gasteiger partial charge is 0.276 e. The Labute approximate surface area is 199 Å². The second-order valence-corrected chi connectivity index (χ2v) is 10.5. The maximum atomic E-state index is 13.4. The molecule has 1 aromatic carbocycles. The molecule has 0 bridgehead atoms. The van der Waals surface area contributed by atoms with Crippen molar-refractivity contribution in [3.63, 3.8) is 0 Å². The second-order valence-electron chi connectivity index (χ2n) is 8.83. The molecule has 0 radical (unpaired) electrons. The monoisotopic (exact) mass is 499 g/mol. The molecule has 4 aromatic rings. The fraction of sp³-hybridized carbons (Fsp3) is 0.208. The van der Waals surface area contributed by atoms with Crippen LogP contribution in [-0.2, 0) is 16.2 Å². The van der Waals surface area contributed by atoms with E-state index in [1.807, 2.05) is 6.07 Å². The van der Waals surface area contributed by atoms with E-state index in [1.165, 1.54) is 35.0 Å². The number of nitrogens with zero attached hydrogens (tertiary/aromatic N) is 4. The number of pyridine rings is 2. The Morgan fingerprint density at radius 2 is 1.71 bits per heavy atom. The third kappa shape index (κ3) is 4.76. The molecule has 7 nitrogen and oxygen atoms in total. The topological polar surface area (TPSA) is 101 Å². The normalized spacial score (nSPS) is 12.6. The van der Waals surface area contributed by atoms with Crippen molar-refractivity contribution in [2.45, 2.75) is 37.4 Å². The van der Waals surface area contributed by atoms with E-state index >= 15 is 0 Å². The zero-order chi connectivity index (χ0) is 25.6. The van der Waals surface area contributed by atoms with Crippen molar-refractivity contribution < 1.29 is 21.6 Å². The molecule has 0 spiro atoms. The van der Waals surface area contributed by atoms with Crippen LogP contribution in [0.2, 0.25) is 0 Å². The van der Waals surface area contributed by atoms with Gasteiger partial charge in [-0.1, -0.05) is 18.2 Å². The predicted molar refractivity (Wildman–Crippen MR) is 124 cm³/mol. The van der Waals surface area contributed by atoms with Gasteiger partial charge in [-0.15, -0.1) is 0 Å². The third-order valence-electron chi connectivity index (χ3n) is 5.00. The Morgan fingerprint density at radius 1 is 1.03 bits per heavy atom. The molecule has 0 unspecified atom stereocenters. The van der Waals surface area contributed by atoms with Crippen molar-refractivity contribution in [1.82, 2.24) is 19.3 Å². The highest BCUT2D eigenvalue weighted by Gasteiger charge is 2.33. The van der Waals surface area contributed by atoms with Gasteiger partial charge in [-0.25, -0.2) is 23.1 Å². The van der Waals surface area contributed by atoms with Crippen LogP contribution in [0.3, 0.4) is 0 Å². The number of alkyl halides is 3. The number of nitriles is 1. The fourth-order valence-electron chi connectivity index (χ4n) is 3.67. The maximum absolute atomic E-state index is 13.4. The molecule has 0 amide bonds. The zero-order valence-corrected chi connectivity index (χ0v) is 19.7. The van der Waals surface area contributed by atoms with E-state index in [4.69, 9.17) is 0 Å². The van der Waals surface area contributed by atoms with Crippen molar-refractivity contribution in [3.05, 3.63) is 72.1 Å². The Balaban J connectivity index is 1.97. The summed E-state index contributed by atoms with van der Waals surface area (Å²) in [7, 11) is -3.81. The number of halogens is 3. The minimum absolute atomic E-state index is 0.00709. The minimum Gasteiger partial charge on any atom is -0.276 e. The first-order valence-electron chi connectivity index (χ1n) is 10.4. The quantitative estimate of drug-likeness (QED) is 0.423. The maximum Gasteiger partial charge on any atom is 0.417 e. The van der Waals surface area contributed by atoms with Crippen LogP contribution in [-0.4, -0.2) is 28.5 Å². The van der Waals surface area contributed by atoms with Crippen molar-refractivity contribution in [3.8, 4) is 23.1 Å². The largest absolute Gasteiger partial charge is 0.417 e.